The van der Waals surface area contributed by atoms with Gasteiger partial charge in [-0.3, -0.25) is 14.8 Å². The van der Waals surface area contributed by atoms with Crippen LogP contribution in [0.3, 0.4) is 0 Å². The summed E-state index contributed by atoms with van der Waals surface area (Å²) in [5, 5.41) is 14.8. The molecule has 2 aromatic rings. The Hall–Kier alpha value is -2.38. The Morgan fingerprint density at radius 1 is 1.35 bits per heavy atom. The molecule has 0 spiro atoms. The predicted molar refractivity (Wildman–Crippen MR) is 63.0 cm³/mol. The molecule has 1 aliphatic rings. The van der Waals surface area contributed by atoms with E-state index in [1.165, 1.54) is 10.7 Å². The van der Waals surface area contributed by atoms with Gasteiger partial charge in [-0.25, -0.2) is 0 Å². The molecule has 1 aromatic heterocycles. The topological polar surface area (TPSA) is 61.0 Å². The minimum atomic E-state index is -4.56. The number of rotatable bonds is 1. The summed E-state index contributed by atoms with van der Waals surface area (Å²) in [4.78, 5) is 10.3. The second-order valence-electron chi connectivity index (χ2n) is 4.45. The second kappa shape index (κ2) is 4.06. The van der Waals surface area contributed by atoms with Crippen molar-refractivity contribution in [3.8, 4) is 11.3 Å². The van der Waals surface area contributed by atoms with Crippen LogP contribution in [-0.4, -0.2) is 14.7 Å². The molecule has 5 nitrogen and oxygen atoms in total. The molecule has 104 valence electrons. The third-order valence-corrected chi connectivity index (χ3v) is 3.30. The number of benzene rings is 1. The van der Waals surface area contributed by atoms with Gasteiger partial charge in [-0.15, -0.1) is 0 Å². The Morgan fingerprint density at radius 2 is 2.10 bits per heavy atom. The third-order valence-electron chi connectivity index (χ3n) is 3.30. The number of aryl methyl sites for hydroxylation is 2. The molecule has 0 N–H and O–H groups in total. The molecule has 2 heterocycles. The van der Waals surface area contributed by atoms with E-state index in [0.717, 1.165) is 12.3 Å². The molecule has 0 bridgehead atoms. The number of halogens is 3. The predicted octanol–water partition coefficient (Wildman–Crippen LogP) is 3.03. The van der Waals surface area contributed by atoms with Crippen LogP contribution in [-0.2, 0) is 19.1 Å². The zero-order chi connectivity index (χ0) is 14.5. The lowest BCUT2D eigenvalue weighted by molar-refractivity contribution is -0.384. The Morgan fingerprint density at radius 3 is 2.75 bits per heavy atom. The van der Waals surface area contributed by atoms with E-state index in [4.69, 9.17) is 0 Å². The van der Waals surface area contributed by atoms with Crippen molar-refractivity contribution in [3.05, 3.63) is 45.6 Å². The van der Waals surface area contributed by atoms with Crippen molar-refractivity contribution in [3.63, 3.8) is 0 Å². The molecule has 0 aliphatic carbocycles. The fourth-order valence-electron chi connectivity index (χ4n) is 2.49. The number of fused-ring (bicyclic) bond motifs is 3. The van der Waals surface area contributed by atoms with Crippen molar-refractivity contribution in [2.24, 2.45) is 0 Å². The Bertz CT molecular complexity index is 706. The summed E-state index contributed by atoms with van der Waals surface area (Å²) in [6.07, 6.45) is -3.20. The maximum absolute atomic E-state index is 13.1. The molecule has 1 aliphatic heterocycles. The quantitative estimate of drug-likeness (QED) is 0.597. The van der Waals surface area contributed by atoms with Crippen LogP contribution >= 0.6 is 0 Å². The summed E-state index contributed by atoms with van der Waals surface area (Å²) in [6, 6.07) is 3.82. The van der Waals surface area contributed by atoms with Gasteiger partial charge in [0.1, 0.15) is 11.9 Å². The largest absolute Gasteiger partial charge is 0.417 e. The number of hydrogen-bond acceptors (Lipinski definition) is 3. The molecule has 20 heavy (non-hydrogen) atoms. The van der Waals surface area contributed by atoms with Crippen LogP contribution in [0.5, 0.6) is 0 Å². The Balaban J connectivity index is 2.35. The molecule has 0 unspecified atom stereocenters. The molecule has 3 rings (SSSR count). The van der Waals surface area contributed by atoms with Crippen LogP contribution in [0.1, 0.15) is 11.1 Å². The number of nitro groups is 1. The van der Waals surface area contributed by atoms with Gasteiger partial charge in [-0.1, -0.05) is 12.1 Å². The highest BCUT2D eigenvalue weighted by Crippen LogP contribution is 2.43. The van der Waals surface area contributed by atoms with E-state index in [-0.39, 0.29) is 11.3 Å². The fraction of sp³-hybridized carbons (Fsp3) is 0.250. The maximum atomic E-state index is 13.1. The summed E-state index contributed by atoms with van der Waals surface area (Å²) in [5.74, 6) is 0. The first-order chi connectivity index (χ1) is 9.39. The van der Waals surface area contributed by atoms with E-state index < -0.39 is 22.4 Å². The van der Waals surface area contributed by atoms with Crippen LogP contribution < -0.4 is 0 Å². The highest BCUT2D eigenvalue weighted by atomic mass is 19.4. The lowest BCUT2D eigenvalue weighted by Gasteiger charge is -2.21. The minimum Gasteiger partial charge on any atom is -0.258 e. The van der Waals surface area contributed by atoms with Gasteiger partial charge in [-0.2, -0.15) is 18.3 Å². The van der Waals surface area contributed by atoms with Crippen molar-refractivity contribution in [2.75, 3.05) is 0 Å². The smallest absolute Gasteiger partial charge is 0.258 e. The van der Waals surface area contributed by atoms with Gasteiger partial charge in [0.05, 0.1) is 10.5 Å². The Kier molecular flexibility index (Phi) is 2.56. The summed E-state index contributed by atoms with van der Waals surface area (Å²) < 4.78 is 40.6. The average molecular weight is 283 g/mol. The summed E-state index contributed by atoms with van der Waals surface area (Å²) >= 11 is 0. The molecule has 0 saturated heterocycles. The number of aromatic nitrogens is 2. The molecule has 0 saturated carbocycles. The van der Waals surface area contributed by atoms with E-state index in [1.54, 1.807) is 6.07 Å². The van der Waals surface area contributed by atoms with Gasteiger partial charge in [0.2, 0.25) is 0 Å². The zero-order valence-electron chi connectivity index (χ0n) is 10.0. The van der Waals surface area contributed by atoms with Crippen LogP contribution in [0.25, 0.3) is 11.3 Å². The minimum absolute atomic E-state index is 0.0656. The maximum Gasteiger partial charge on any atom is 0.417 e. The van der Waals surface area contributed by atoms with Gasteiger partial charge in [0.15, 0.2) is 0 Å². The first kappa shape index (κ1) is 12.6. The molecular weight excluding hydrogens is 275 g/mol. The summed E-state index contributed by atoms with van der Waals surface area (Å²) in [6.45, 7) is 0.331. The van der Waals surface area contributed by atoms with Crippen LogP contribution in [0.15, 0.2) is 24.4 Å². The van der Waals surface area contributed by atoms with Gasteiger partial charge >= 0.3 is 11.9 Å². The van der Waals surface area contributed by atoms with Crippen molar-refractivity contribution >= 4 is 5.69 Å². The first-order valence-corrected chi connectivity index (χ1v) is 5.79. The van der Waals surface area contributed by atoms with Gasteiger partial charge in [0.25, 0.3) is 0 Å². The fourth-order valence-corrected chi connectivity index (χ4v) is 2.49. The van der Waals surface area contributed by atoms with E-state index in [0.29, 0.717) is 18.5 Å². The average Bonchev–Trinajstić information content (AvgIpc) is 2.80. The molecule has 0 fully saturated rings. The first-order valence-electron chi connectivity index (χ1n) is 5.79. The number of alkyl halides is 3. The lowest BCUT2D eigenvalue weighted by atomic mass is 9.93. The molecule has 0 amide bonds. The number of hydrogen-bond donors (Lipinski definition) is 0. The summed E-state index contributed by atoms with van der Waals surface area (Å²) in [5.41, 5.74) is -1.00. The van der Waals surface area contributed by atoms with Crippen molar-refractivity contribution in [1.82, 2.24) is 9.78 Å². The van der Waals surface area contributed by atoms with Gasteiger partial charge < -0.3 is 0 Å². The highest BCUT2D eigenvalue weighted by molar-refractivity contribution is 5.77. The van der Waals surface area contributed by atoms with Crippen LogP contribution in [0.4, 0.5) is 18.9 Å². The van der Waals surface area contributed by atoms with Crippen molar-refractivity contribution in [2.45, 2.75) is 19.1 Å². The second-order valence-corrected chi connectivity index (χ2v) is 4.45. The highest BCUT2D eigenvalue weighted by Gasteiger charge is 2.39. The van der Waals surface area contributed by atoms with Crippen LogP contribution in [0.2, 0.25) is 0 Å². The van der Waals surface area contributed by atoms with Crippen molar-refractivity contribution < 1.29 is 18.1 Å². The van der Waals surface area contributed by atoms with Crippen LogP contribution in [0, 0.1) is 10.1 Å². The standard InChI is InChI=1S/C12H8F3N3O2/c13-12(14,15)8-3-1-2-7-4-5-17-11(10(7)8)9(6-16-17)18(19)20/h1-3,6H,4-5H2. The zero-order valence-corrected chi connectivity index (χ0v) is 10.0. The normalized spacial score (nSPS) is 13.8. The molecule has 8 heteroatoms. The SMILES string of the molecule is O=[N+]([O-])c1cnn2c1-c1c(cccc1C(F)(F)F)CC2. The monoisotopic (exact) mass is 283 g/mol. The third kappa shape index (κ3) is 1.75. The molecule has 0 atom stereocenters. The number of nitrogens with zero attached hydrogens (tertiary/aromatic N) is 3. The molecule has 0 radical (unpaired) electrons. The summed E-state index contributed by atoms with van der Waals surface area (Å²) in [7, 11) is 0. The van der Waals surface area contributed by atoms with Crippen molar-refractivity contribution in [1.29, 1.82) is 0 Å². The van der Waals surface area contributed by atoms with E-state index >= 15 is 0 Å². The van der Waals surface area contributed by atoms with E-state index in [9.17, 15) is 23.3 Å². The Labute approximate surface area is 110 Å². The lowest BCUT2D eigenvalue weighted by Crippen LogP contribution is -2.17. The van der Waals surface area contributed by atoms with E-state index in [2.05, 4.69) is 5.10 Å². The molecular formula is C12H8F3N3O2. The van der Waals surface area contributed by atoms with Gasteiger partial charge in [0, 0.05) is 12.1 Å². The molecule has 1 aromatic carbocycles. The van der Waals surface area contributed by atoms with E-state index in [1.807, 2.05) is 0 Å². The van der Waals surface area contributed by atoms with Gasteiger partial charge in [-0.05, 0) is 18.1 Å².